The number of nitrogens with zero attached hydrogens (tertiary/aromatic N) is 4. The molecule has 1 aliphatic heterocycles. The summed E-state index contributed by atoms with van der Waals surface area (Å²) in [7, 11) is 2.84. The van der Waals surface area contributed by atoms with E-state index in [0.717, 1.165) is 17.9 Å². The Kier molecular flexibility index (Phi) is 3.60. The molecule has 0 fully saturated rings. The van der Waals surface area contributed by atoms with E-state index in [4.69, 9.17) is 4.84 Å². The van der Waals surface area contributed by atoms with E-state index in [2.05, 4.69) is 10.1 Å². The van der Waals surface area contributed by atoms with Crippen molar-refractivity contribution >= 4 is 5.91 Å². The second kappa shape index (κ2) is 5.01. The predicted octanol–water partition coefficient (Wildman–Crippen LogP) is 1.67. The van der Waals surface area contributed by atoms with Crippen LogP contribution in [-0.4, -0.2) is 39.9 Å². The van der Waals surface area contributed by atoms with E-state index in [1.54, 1.807) is 4.68 Å². The standard InChI is InChI=1S/C11H17FN4O2/c1-4-5-7-6-8(12)10-13-9(14-16(7)10)11(17)15(2)18-3/h7-8H,4-6H2,1-3H3. The topological polar surface area (TPSA) is 60.3 Å². The third kappa shape index (κ3) is 2.10. The fourth-order valence-electron chi connectivity index (χ4n) is 2.15. The summed E-state index contributed by atoms with van der Waals surface area (Å²) in [6.45, 7) is 2.03. The Labute approximate surface area is 105 Å². The van der Waals surface area contributed by atoms with Crippen LogP contribution in [0.15, 0.2) is 0 Å². The minimum atomic E-state index is -1.14. The van der Waals surface area contributed by atoms with E-state index in [9.17, 15) is 9.18 Å². The van der Waals surface area contributed by atoms with E-state index in [-0.39, 0.29) is 17.7 Å². The first-order valence-corrected chi connectivity index (χ1v) is 6.01. The summed E-state index contributed by atoms with van der Waals surface area (Å²) in [5, 5.41) is 5.13. The molecule has 0 radical (unpaired) electrons. The largest absolute Gasteiger partial charge is 0.316 e. The van der Waals surface area contributed by atoms with Crippen LogP contribution in [0, 0.1) is 0 Å². The van der Waals surface area contributed by atoms with E-state index in [1.165, 1.54) is 14.2 Å². The number of aromatic nitrogens is 3. The molecular formula is C11H17FN4O2. The fourth-order valence-corrected chi connectivity index (χ4v) is 2.15. The predicted molar refractivity (Wildman–Crippen MR) is 61.5 cm³/mol. The van der Waals surface area contributed by atoms with Gasteiger partial charge < -0.3 is 0 Å². The number of hydrogen-bond donors (Lipinski definition) is 0. The van der Waals surface area contributed by atoms with Crippen molar-refractivity contribution in [3.63, 3.8) is 0 Å². The van der Waals surface area contributed by atoms with Crippen LogP contribution in [0.4, 0.5) is 4.39 Å². The van der Waals surface area contributed by atoms with Crippen molar-refractivity contribution in [2.45, 2.75) is 38.4 Å². The first-order chi connectivity index (χ1) is 8.58. The number of alkyl halides is 1. The maximum Gasteiger partial charge on any atom is 0.316 e. The molecule has 2 unspecified atom stereocenters. The molecule has 1 aromatic heterocycles. The first kappa shape index (κ1) is 12.9. The Balaban J connectivity index is 2.26. The molecule has 100 valence electrons. The number of rotatable bonds is 4. The molecule has 7 heteroatoms. The zero-order valence-corrected chi connectivity index (χ0v) is 10.8. The van der Waals surface area contributed by atoms with Gasteiger partial charge in [-0.3, -0.25) is 9.63 Å². The Morgan fingerprint density at radius 3 is 3.00 bits per heavy atom. The van der Waals surface area contributed by atoms with E-state index in [1.807, 2.05) is 6.92 Å². The SMILES string of the molecule is CCCC1CC(F)c2nc(C(=O)N(C)OC)nn21. The highest BCUT2D eigenvalue weighted by molar-refractivity contribution is 5.89. The monoisotopic (exact) mass is 256 g/mol. The zero-order chi connectivity index (χ0) is 13.3. The molecule has 0 bridgehead atoms. The first-order valence-electron chi connectivity index (χ1n) is 6.01. The number of carbonyl (C=O) groups is 1. The van der Waals surface area contributed by atoms with Crippen LogP contribution in [0.2, 0.25) is 0 Å². The van der Waals surface area contributed by atoms with Gasteiger partial charge in [0.2, 0.25) is 5.82 Å². The zero-order valence-electron chi connectivity index (χ0n) is 10.8. The highest BCUT2D eigenvalue weighted by atomic mass is 19.1. The van der Waals surface area contributed by atoms with Crippen LogP contribution in [0.1, 0.15) is 54.8 Å². The summed E-state index contributed by atoms with van der Waals surface area (Å²) in [6.07, 6.45) is 1.05. The fraction of sp³-hybridized carbons (Fsp3) is 0.727. The molecule has 0 spiro atoms. The number of halogens is 1. The number of carbonyl (C=O) groups excluding carboxylic acids is 1. The van der Waals surface area contributed by atoms with Gasteiger partial charge >= 0.3 is 5.91 Å². The smallest absolute Gasteiger partial charge is 0.274 e. The highest BCUT2D eigenvalue weighted by Gasteiger charge is 2.35. The van der Waals surface area contributed by atoms with Crippen LogP contribution < -0.4 is 0 Å². The van der Waals surface area contributed by atoms with Crippen molar-refractivity contribution in [3.8, 4) is 0 Å². The maximum atomic E-state index is 13.8. The van der Waals surface area contributed by atoms with Crippen LogP contribution in [0.3, 0.4) is 0 Å². The van der Waals surface area contributed by atoms with Crippen LogP contribution in [0.5, 0.6) is 0 Å². The van der Waals surface area contributed by atoms with Crippen LogP contribution in [-0.2, 0) is 4.84 Å². The third-order valence-corrected chi connectivity index (χ3v) is 3.14. The molecule has 1 aromatic rings. The Morgan fingerprint density at radius 2 is 2.39 bits per heavy atom. The van der Waals surface area contributed by atoms with E-state index in [0.29, 0.717) is 6.42 Å². The molecule has 1 aliphatic rings. The van der Waals surface area contributed by atoms with Gasteiger partial charge in [-0.1, -0.05) is 13.3 Å². The number of hydrogen-bond acceptors (Lipinski definition) is 4. The lowest BCUT2D eigenvalue weighted by Crippen LogP contribution is -2.26. The Hall–Kier alpha value is -1.50. The molecule has 1 amide bonds. The third-order valence-electron chi connectivity index (χ3n) is 3.14. The van der Waals surface area contributed by atoms with Gasteiger partial charge in [-0.15, -0.1) is 5.10 Å². The molecule has 0 aliphatic carbocycles. The molecule has 2 heterocycles. The molecule has 0 saturated heterocycles. The lowest BCUT2D eigenvalue weighted by atomic mass is 10.1. The second-order valence-electron chi connectivity index (χ2n) is 4.37. The van der Waals surface area contributed by atoms with Crippen LogP contribution >= 0.6 is 0 Å². The van der Waals surface area contributed by atoms with Crippen molar-refractivity contribution in [2.24, 2.45) is 0 Å². The van der Waals surface area contributed by atoms with Gasteiger partial charge in [0.25, 0.3) is 0 Å². The molecule has 0 aromatic carbocycles. The maximum absolute atomic E-state index is 13.8. The van der Waals surface area contributed by atoms with Crippen molar-refractivity contribution in [1.29, 1.82) is 0 Å². The number of fused-ring (bicyclic) bond motifs is 1. The molecule has 18 heavy (non-hydrogen) atoms. The molecule has 6 nitrogen and oxygen atoms in total. The van der Waals surface area contributed by atoms with Crippen molar-refractivity contribution in [3.05, 3.63) is 11.6 Å². The summed E-state index contributed by atoms with van der Waals surface area (Å²) in [4.78, 5) is 20.5. The Bertz CT molecular complexity index is 448. The summed E-state index contributed by atoms with van der Waals surface area (Å²) in [5.74, 6) is -0.235. The minimum absolute atomic E-state index is 0.00176. The summed E-state index contributed by atoms with van der Waals surface area (Å²) >= 11 is 0. The quantitative estimate of drug-likeness (QED) is 0.769. The summed E-state index contributed by atoms with van der Waals surface area (Å²) in [6, 6.07) is 0.00176. The lowest BCUT2D eigenvalue weighted by molar-refractivity contribution is -0.0764. The van der Waals surface area contributed by atoms with Gasteiger partial charge in [0.1, 0.15) is 0 Å². The van der Waals surface area contributed by atoms with Crippen molar-refractivity contribution in [1.82, 2.24) is 19.8 Å². The molecule has 2 atom stereocenters. The number of hydroxylamine groups is 2. The highest BCUT2D eigenvalue weighted by Crippen LogP contribution is 2.37. The van der Waals surface area contributed by atoms with Gasteiger partial charge in [0, 0.05) is 13.5 Å². The van der Waals surface area contributed by atoms with Gasteiger partial charge in [-0.25, -0.2) is 19.1 Å². The van der Waals surface area contributed by atoms with Crippen LogP contribution in [0.25, 0.3) is 0 Å². The minimum Gasteiger partial charge on any atom is -0.274 e. The average molecular weight is 256 g/mol. The molecule has 0 N–H and O–H groups in total. The number of amides is 1. The van der Waals surface area contributed by atoms with E-state index >= 15 is 0 Å². The molecule has 0 saturated carbocycles. The van der Waals surface area contributed by atoms with Crippen molar-refractivity contribution in [2.75, 3.05) is 14.2 Å². The van der Waals surface area contributed by atoms with Gasteiger partial charge in [0.05, 0.1) is 13.2 Å². The molecular weight excluding hydrogens is 239 g/mol. The van der Waals surface area contributed by atoms with Gasteiger partial charge in [0.15, 0.2) is 12.0 Å². The lowest BCUT2D eigenvalue weighted by Gasteiger charge is -2.11. The summed E-state index contributed by atoms with van der Waals surface area (Å²) in [5.41, 5.74) is 0. The van der Waals surface area contributed by atoms with Crippen molar-refractivity contribution < 1.29 is 14.0 Å². The van der Waals surface area contributed by atoms with Gasteiger partial charge in [-0.2, -0.15) is 0 Å². The second-order valence-corrected chi connectivity index (χ2v) is 4.37. The average Bonchev–Trinajstić information content (AvgIpc) is 2.90. The van der Waals surface area contributed by atoms with E-state index < -0.39 is 12.1 Å². The Morgan fingerprint density at radius 1 is 1.67 bits per heavy atom. The molecule has 2 rings (SSSR count). The summed E-state index contributed by atoms with van der Waals surface area (Å²) < 4.78 is 15.3. The normalized spacial score (nSPS) is 22.0. The van der Waals surface area contributed by atoms with Gasteiger partial charge in [-0.05, 0) is 6.42 Å².